The standard InChI is InChI=1S/C20H23ClFN3O2/c21-16-10-8-15(9-11-16)14-24-20(27)23-12-3-1-2-7-19(26)25-18-6-4-5-17(22)13-18/h4-6,8-11,13H,1-3,7,12,14H2,(H,25,26)(H2,23,24,27). The summed E-state index contributed by atoms with van der Waals surface area (Å²) in [6.45, 7) is 0.973. The molecule has 144 valence electrons. The Bertz CT molecular complexity index is 753. The van der Waals surface area contributed by atoms with Crippen molar-refractivity contribution in [2.24, 2.45) is 0 Å². The molecule has 0 heterocycles. The van der Waals surface area contributed by atoms with Crippen molar-refractivity contribution in [2.45, 2.75) is 32.2 Å². The molecule has 0 unspecified atom stereocenters. The summed E-state index contributed by atoms with van der Waals surface area (Å²) >= 11 is 5.81. The van der Waals surface area contributed by atoms with Gasteiger partial charge >= 0.3 is 6.03 Å². The van der Waals surface area contributed by atoms with Crippen molar-refractivity contribution in [3.05, 3.63) is 64.9 Å². The zero-order valence-electron chi connectivity index (χ0n) is 14.9. The summed E-state index contributed by atoms with van der Waals surface area (Å²) in [6, 6.07) is 12.9. The summed E-state index contributed by atoms with van der Waals surface area (Å²) < 4.78 is 13.0. The molecule has 3 amide bonds. The maximum atomic E-state index is 13.0. The highest BCUT2D eigenvalue weighted by Crippen LogP contribution is 2.11. The SMILES string of the molecule is O=C(CCCCCNC(=O)NCc1ccc(Cl)cc1)Nc1cccc(F)c1. The summed E-state index contributed by atoms with van der Waals surface area (Å²) in [7, 11) is 0. The van der Waals surface area contributed by atoms with Crippen molar-refractivity contribution >= 4 is 29.2 Å². The van der Waals surface area contributed by atoms with Gasteiger partial charge in [-0.1, -0.05) is 36.2 Å². The largest absolute Gasteiger partial charge is 0.338 e. The molecule has 3 N–H and O–H groups in total. The van der Waals surface area contributed by atoms with E-state index in [1.54, 1.807) is 24.3 Å². The molecule has 0 saturated carbocycles. The third-order valence-electron chi connectivity index (χ3n) is 3.84. The van der Waals surface area contributed by atoms with E-state index >= 15 is 0 Å². The van der Waals surface area contributed by atoms with E-state index in [0.29, 0.717) is 36.6 Å². The zero-order chi connectivity index (χ0) is 19.5. The van der Waals surface area contributed by atoms with Crippen LogP contribution in [0.15, 0.2) is 48.5 Å². The summed E-state index contributed by atoms with van der Waals surface area (Å²) in [5.74, 6) is -0.525. The minimum atomic E-state index is -0.381. The molecule has 0 aromatic heterocycles. The molecule has 0 spiro atoms. The van der Waals surface area contributed by atoms with Gasteiger partial charge in [-0.25, -0.2) is 9.18 Å². The number of carbonyl (C=O) groups excluding carboxylic acids is 2. The topological polar surface area (TPSA) is 70.2 Å². The number of anilines is 1. The Morgan fingerprint density at radius 3 is 2.48 bits per heavy atom. The molecular weight excluding hydrogens is 369 g/mol. The molecule has 5 nitrogen and oxygen atoms in total. The molecule has 0 aliphatic carbocycles. The van der Waals surface area contributed by atoms with Crippen LogP contribution in [0, 0.1) is 5.82 Å². The van der Waals surface area contributed by atoms with Crippen molar-refractivity contribution in [2.75, 3.05) is 11.9 Å². The third kappa shape index (κ3) is 8.55. The first-order chi connectivity index (χ1) is 13.0. The van der Waals surface area contributed by atoms with Crippen molar-refractivity contribution in [1.82, 2.24) is 10.6 Å². The molecule has 0 bridgehead atoms. The van der Waals surface area contributed by atoms with Crippen LogP contribution >= 0.6 is 11.6 Å². The van der Waals surface area contributed by atoms with Crippen LogP contribution in [-0.4, -0.2) is 18.5 Å². The Labute approximate surface area is 163 Å². The Balaban J connectivity index is 1.50. The Kier molecular flexibility index (Phi) is 8.58. The molecule has 7 heteroatoms. The van der Waals surface area contributed by atoms with Crippen molar-refractivity contribution in [3.63, 3.8) is 0 Å². The van der Waals surface area contributed by atoms with Gasteiger partial charge in [0.05, 0.1) is 0 Å². The van der Waals surface area contributed by atoms with Gasteiger partial charge in [0.1, 0.15) is 5.82 Å². The fourth-order valence-electron chi connectivity index (χ4n) is 2.43. The Morgan fingerprint density at radius 2 is 1.74 bits per heavy atom. The molecule has 0 radical (unpaired) electrons. The second-order valence-corrected chi connectivity index (χ2v) is 6.54. The van der Waals surface area contributed by atoms with E-state index < -0.39 is 0 Å². The molecule has 0 atom stereocenters. The number of urea groups is 1. The van der Waals surface area contributed by atoms with Gasteiger partial charge in [0.15, 0.2) is 0 Å². The minimum Gasteiger partial charge on any atom is -0.338 e. The fraction of sp³-hybridized carbons (Fsp3) is 0.300. The molecule has 2 rings (SSSR count). The summed E-state index contributed by atoms with van der Waals surface area (Å²) in [6.07, 6.45) is 2.66. The smallest absolute Gasteiger partial charge is 0.315 e. The number of hydrogen-bond donors (Lipinski definition) is 3. The minimum absolute atomic E-state index is 0.144. The molecule has 0 saturated heterocycles. The van der Waals surface area contributed by atoms with Gasteiger partial charge in [-0.05, 0) is 48.7 Å². The highest BCUT2D eigenvalue weighted by Gasteiger charge is 2.04. The first-order valence-electron chi connectivity index (χ1n) is 8.84. The summed E-state index contributed by atoms with van der Waals surface area (Å²) in [4.78, 5) is 23.5. The van der Waals surface area contributed by atoms with E-state index in [1.165, 1.54) is 12.1 Å². The Morgan fingerprint density at radius 1 is 0.963 bits per heavy atom. The quantitative estimate of drug-likeness (QED) is 0.551. The number of hydrogen-bond acceptors (Lipinski definition) is 2. The highest BCUT2D eigenvalue weighted by molar-refractivity contribution is 6.30. The molecule has 0 aliphatic heterocycles. The number of benzene rings is 2. The predicted octanol–water partition coefficient (Wildman–Crippen LogP) is 4.48. The predicted molar refractivity (Wildman–Crippen MR) is 105 cm³/mol. The van der Waals surface area contributed by atoms with Crippen LogP contribution < -0.4 is 16.0 Å². The number of rotatable bonds is 9. The van der Waals surface area contributed by atoms with Crippen LogP contribution in [-0.2, 0) is 11.3 Å². The van der Waals surface area contributed by atoms with E-state index in [-0.39, 0.29) is 17.8 Å². The van der Waals surface area contributed by atoms with Gasteiger partial charge in [-0.15, -0.1) is 0 Å². The van der Waals surface area contributed by atoms with Crippen LogP contribution in [0.1, 0.15) is 31.2 Å². The fourth-order valence-corrected chi connectivity index (χ4v) is 2.55. The number of unbranched alkanes of at least 4 members (excludes halogenated alkanes) is 2. The Hall–Kier alpha value is -2.60. The van der Waals surface area contributed by atoms with Crippen LogP contribution in [0.2, 0.25) is 5.02 Å². The van der Waals surface area contributed by atoms with Crippen LogP contribution in [0.3, 0.4) is 0 Å². The van der Waals surface area contributed by atoms with E-state index in [1.807, 2.05) is 12.1 Å². The number of amides is 3. The van der Waals surface area contributed by atoms with Gasteiger partial charge in [-0.3, -0.25) is 4.79 Å². The van der Waals surface area contributed by atoms with Gasteiger partial charge in [0.2, 0.25) is 5.91 Å². The van der Waals surface area contributed by atoms with E-state index in [2.05, 4.69) is 16.0 Å². The van der Waals surface area contributed by atoms with Gasteiger partial charge in [0.25, 0.3) is 0 Å². The van der Waals surface area contributed by atoms with E-state index in [9.17, 15) is 14.0 Å². The van der Waals surface area contributed by atoms with Crippen molar-refractivity contribution in [3.8, 4) is 0 Å². The number of halogens is 2. The number of carbonyl (C=O) groups is 2. The maximum absolute atomic E-state index is 13.0. The monoisotopic (exact) mass is 391 g/mol. The lowest BCUT2D eigenvalue weighted by atomic mass is 10.2. The number of nitrogens with one attached hydrogen (secondary N) is 3. The first-order valence-corrected chi connectivity index (χ1v) is 9.22. The maximum Gasteiger partial charge on any atom is 0.315 e. The van der Waals surface area contributed by atoms with Gasteiger partial charge < -0.3 is 16.0 Å². The third-order valence-corrected chi connectivity index (χ3v) is 4.09. The van der Waals surface area contributed by atoms with Gasteiger partial charge in [0, 0.05) is 30.2 Å². The summed E-state index contributed by atoms with van der Waals surface area (Å²) in [5.41, 5.74) is 1.43. The first kappa shape index (κ1) is 20.7. The molecule has 2 aromatic rings. The van der Waals surface area contributed by atoms with E-state index in [0.717, 1.165) is 18.4 Å². The van der Waals surface area contributed by atoms with Crippen LogP contribution in [0.5, 0.6) is 0 Å². The van der Waals surface area contributed by atoms with Crippen LogP contribution in [0.25, 0.3) is 0 Å². The lowest BCUT2D eigenvalue weighted by Crippen LogP contribution is -2.35. The average molecular weight is 392 g/mol. The lowest BCUT2D eigenvalue weighted by Gasteiger charge is -2.08. The second kappa shape index (κ2) is 11.2. The van der Waals surface area contributed by atoms with Crippen LogP contribution in [0.4, 0.5) is 14.9 Å². The average Bonchev–Trinajstić information content (AvgIpc) is 2.64. The molecule has 0 aliphatic rings. The van der Waals surface area contributed by atoms with Crippen molar-refractivity contribution in [1.29, 1.82) is 0 Å². The van der Waals surface area contributed by atoms with Crippen molar-refractivity contribution < 1.29 is 14.0 Å². The van der Waals surface area contributed by atoms with E-state index in [4.69, 9.17) is 11.6 Å². The highest BCUT2D eigenvalue weighted by atomic mass is 35.5. The van der Waals surface area contributed by atoms with Gasteiger partial charge in [-0.2, -0.15) is 0 Å². The molecule has 27 heavy (non-hydrogen) atoms. The molecule has 0 fully saturated rings. The molecule has 2 aromatic carbocycles. The zero-order valence-corrected chi connectivity index (χ0v) is 15.7. The second-order valence-electron chi connectivity index (χ2n) is 6.11. The lowest BCUT2D eigenvalue weighted by molar-refractivity contribution is -0.116. The summed E-state index contributed by atoms with van der Waals surface area (Å²) in [5, 5.41) is 8.87. The normalized spacial score (nSPS) is 10.3. The molecular formula is C20H23ClFN3O2.